The average Bonchev–Trinajstić information content (AvgIpc) is 3.20. The molecule has 4 rings (SSSR count). The first kappa shape index (κ1) is 16.8. The van der Waals surface area contributed by atoms with Crippen LogP contribution in [0.15, 0.2) is 64.0 Å². The zero-order valence-corrected chi connectivity index (χ0v) is 16.2. The topological polar surface area (TPSA) is 60.2 Å². The van der Waals surface area contributed by atoms with Crippen LogP contribution in [-0.2, 0) is 10.0 Å². The molecule has 0 amide bonds. The molecule has 0 unspecified atom stereocenters. The van der Waals surface area contributed by atoms with Crippen LogP contribution >= 0.6 is 15.9 Å². The summed E-state index contributed by atoms with van der Waals surface area (Å²) in [4.78, 5) is 0.140. The van der Waals surface area contributed by atoms with Crippen LogP contribution in [0.25, 0.3) is 11.1 Å². The predicted molar refractivity (Wildman–Crippen MR) is 104 cm³/mol. The fourth-order valence-electron chi connectivity index (χ4n) is 3.32. The minimum Gasteiger partial charge on any atom is -0.225 e. The van der Waals surface area contributed by atoms with Gasteiger partial charge >= 0.3 is 0 Å². The van der Waals surface area contributed by atoms with Gasteiger partial charge in [-0.1, -0.05) is 52.3 Å². The van der Waals surface area contributed by atoms with Gasteiger partial charge in [0.15, 0.2) is 0 Å². The van der Waals surface area contributed by atoms with E-state index < -0.39 is 10.0 Å². The molecule has 25 heavy (non-hydrogen) atoms. The third-order valence-electron chi connectivity index (χ3n) is 4.94. The number of hydrogen-bond donors (Lipinski definition) is 1. The van der Waals surface area contributed by atoms with Gasteiger partial charge in [-0.3, -0.25) is 0 Å². The van der Waals surface area contributed by atoms with Crippen molar-refractivity contribution in [2.75, 3.05) is 0 Å². The van der Waals surface area contributed by atoms with Gasteiger partial charge < -0.3 is 0 Å². The van der Waals surface area contributed by atoms with Gasteiger partial charge in [0.2, 0.25) is 10.0 Å². The number of nitrogens with two attached hydrogens (primary N) is 1. The molecular weight excluding hydrogens is 398 g/mol. The van der Waals surface area contributed by atoms with Crippen LogP contribution in [0.2, 0.25) is 0 Å². The summed E-state index contributed by atoms with van der Waals surface area (Å²) in [6.45, 7) is 2.08. The molecule has 2 aliphatic carbocycles. The number of allylic oxidation sites excluding steroid dienone is 4. The van der Waals surface area contributed by atoms with Crippen molar-refractivity contribution in [3.8, 4) is 0 Å². The second-order valence-electron chi connectivity index (χ2n) is 6.88. The van der Waals surface area contributed by atoms with Crippen molar-refractivity contribution in [2.24, 2.45) is 10.6 Å². The molecule has 0 radical (unpaired) electrons. The summed E-state index contributed by atoms with van der Waals surface area (Å²) in [6, 6.07) is 13.2. The van der Waals surface area contributed by atoms with Gasteiger partial charge in [0.05, 0.1) is 4.90 Å². The summed E-state index contributed by atoms with van der Waals surface area (Å²) in [5.74, 6) is 0. The van der Waals surface area contributed by atoms with Gasteiger partial charge in [0.1, 0.15) is 0 Å². The minimum absolute atomic E-state index is 0.140. The van der Waals surface area contributed by atoms with E-state index in [0.29, 0.717) is 0 Å². The Bertz CT molecular complexity index is 1030. The Labute approximate surface area is 156 Å². The van der Waals surface area contributed by atoms with E-state index in [0.717, 1.165) is 10.0 Å². The highest BCUT2D eigenvalue weighted by molar-refractivity contribution is 9.10. The van der Waals surface area contributed by atoms with Crippen LogP contribution < -0.4 is 5.14 Å². The molecule has 2 aromatic rings. The smallest absolute Gasteiger partial charge is 0.225 e. The van der Waals surface area contributed by atoms with Gasteiger partial charge in [-0.15, -0.1) is 0 Å². The molecule has 1 saturated carbocycles. The van der Waals surface area contributed by atoms with Crippen LogP contribution in [-0.4, -0.2) is 8.42 Å². The van der Waals surface area contributed by atoms with Gasteiger partial charge in [-0.05, 0) is 65.8 Å². The second kappa shape index (κ2) is 5.66. The molecule has 1 spiro atoms. The summed E-state index contributed by atoms with van der Waals surface area (Å²) in [7, 11) is -3.67. The zero-order valence-electron chi connectivity index (χ0n) is 13.8. The molecule has 5 heteroatoms. The number of halogens is 1. The first-order valence-electron chi connectivity index (χ1n) is 8.13. The van der Waals surface area contributed by atoms with E-state index in [9.17, 15) is 8.42 Å². The molecule has 0 saturated heterocycles. The van der Waals surface area contributed by atoms with Crippen molar-refractivity contribution in [3.63, 3.8) is 0 Å². The molecule has 0 aromatic heterocycles. The van der Waals surface area contributed by atoms with Crippen LogP contribution in [0.4, 0.5) is 0 Å². The number of aryl methyl sites for hydroxylation is 1. The summed E-state index contributed by atoms with van der Waals surface area (Å²) in [5.41, 5.74) is 5.97. The molecule has 0 bridgehead atoms. The number of rotatable bonds is 3. The SMILES string of the molecule is Cc1cc(C2=CC3(C=C2c2ccc(S(N)(=O)=O)cc2)CC3)ccc1Br. The van der Waals surface area contributed by atoms with Crippen LogP contribution in [0.5, 0.6) is 0 Å². The molecule has 0 atom stereocenters. The molecule has 0 heterocycles. The van der Waals surface area contributed by atoms with E-state index in [4.69, 9.17) is 5.14 Å². The van der Waals surface area contributed by atoms with E-state index in [1.54, 1.807) is 12.1 Å². The van der Waals surface area contributed by atoms with E-state index in [2.05, 4.69) is 53.2 Å². The quantitative estimate of drug-likeness (QED) is 0.791. The Balaban J connectivity index is 1.78. The van der Waals surface area contributed by atoms with Crippen molar-refractivity contribution in [2.45, 2.75) is 24.7 Å². The predicted octanol–water partition coefficient (Wildman–Crippen LogP) is 4.67. The Morgan fingerprint density at radius 2 is 1.52 bits per heavy atom. The largest absolute Gasteiger partial charge is 0.238 e. The molecule has 2 aromatic carbocycles. The lowest BCUT2D eigenvalue weighted by Gasteiger charge is -2.11. The maximum absolute atomic E-state index is 11.5. The zero-order chi connectivity index (χ0) is 17.8. The van der Waals surface area contributed by atoms with E-state index >= 15 is 0 Å². The number of hydrogen-bond acceptors (Lipinski definition) is 2. The minimum atomic E-state index is -3.67. The highest BCUT2D eigenvalue weighted by atomic mass is 79.9. The van der Waals surface area contributed by atoms with Crippen molar-refractivity contribution < 1.29 is 8.42 Å². The van der Waals surface area contributed by atoms with E-state index in [1.165, 1.54) is 35.1 Å². The van der Waals surface area contributed by atoms with Gasteiger partial charge in [-0.2, -0.15) is 0 Å². The molecule has 2 N–H and O–H groups in total. The number of sulfonamides is 1. The van der Waals surface area contributed by atoms with Crippen LogP contribution in [0, 0.1) is 12.3 Å². The first-order chi connectivity index (χ1) is 11.8. The molecule has 0 aliphatic heterocycles. The van der Waals surface area contributed by atoms with Crippen molar-refractivity contribution >= 4 is 37.1 Å². The van der Waals surface area contributed by atoms with Crippen LogP contribution in [0.3, 0.4) is 0 Å². The summed E-state index contributed by atoms with van der Waals surface area (Å²) in [5, 5.41) is 5.20. The average molecular weight is 416 g/mol. The van der Waals surface area contributed by atoms with Gasteiger partial charge in [-0.25, -0.2) is 13.6 Å². The Morgan fingerprint density at radius 1 is 0.960 bits per heavy atom. The number of benzene rings is 2. The summed E-state index contributed by atoms with van der Waals surface area (Å²) in [6.07, 6.45) is 7.03. The monoisotopic (exact) mass is 415 g/mol. The van der Waals surface area contributed by atoms with Gasteiger partial charge in [0, 0.05) is 9.89 Å². The van der Waals surface area contributed by atoms with Crippen molar-refractivity contribution in [1.82, 2.24) is 0 Å². The Morgan fingerprint density at radius 3 is 2.04 bits per heavy atom. The fraction of sp³-hybridized carbons (Fsp3) is 0.200. The maximum Gasteiger partial charge on any atom is 0.238 e. The Kier molecular flexibility index (Phi) is 3.79. The lowest BCUT2D eigenvalue weighted by molar-refractivity contribution is 0.598. The molecule has 128 valence electrons. The normalized spacial score (nSPS) is 18.2. The molecular formula is C20H18BrNO2S. The highest BCUT2D eigenvalue weighted by Crippen LogP contribution is 2.57. The van der Waals surface area contributed by atoms with Crippen molar-refractivity contribution in [3.05, 3.63) is 75.8 Å². The fourth-order valence-corrected chi connectivity index (χ4v) is 4.08. The highest BCUT2D eigenvalue weighted by Gasteiger charge is 2.43. The third kappa shape index (κ3) is 3.12. The third-order valence-corrected chi connectivity index (χ3v) is 6.76. The first-order valence-corrected chi connectivity index (χ1v) is 10.5. The lowest BCUT2D eigenvalue weighted by atomic mass is 9.94. The van der Waals surface area contributed by atoms with Crippen molar-refractivity contribution in [1.29, 1.82) is 0 Å². The van der Waals surface area contributed by atoms with Gasteiger partial charge in [0.25, 0.3) is 0 Å². The van der Waals surface area contributed by atoms with E-state index in [1.807, 2.05) is 12.1 Å². The standard InChI is InChI=1S/C20H18BrNO2S/c1-13-10-15(4-7-19(13)21)18-12-20(8-9-20)11-17(18)14-2-5-16(6-3-14)25(22,23)24/h2-7,10-12H,8-9H2,1H3,(H2,22,23,24). The lowest BCUT2D eigenvalue weighted by Crippen LogP contribution is -2.11. The molecule has 2 aliphatic rings. The second-order valence-corrected chi connectivity index (χ2v) is 9.30. The number of primary sulfonamides is 1. The van der Waals surface area contributed by atoms with Crippen LogP contribution in [0.1, 0.15) is 29.5 Å². The molecule has 3 nitrogen and oxygen atoms in total. The Hall–Kier alpha value is -1.69. The molecule has 1 fully saturated rings. The summed E-state index contributed by atoms with van der Waals surface area (Å²) < 4.78 is 24.1. The summed E-state index contributed by atoms with van der Waals surface area (Å²) >= 11 is 3.56. The van der Waals surface area contributed by atoms with E-state index in [-0.39, 0.29) is 10.3 Å². The maximum atomic E-state index is 11.5.